The number of pyridine rings is 1. The Morgan fingerprint density at radius 1 is 1.18 bits per heavy atom. The minimum absolute atomic E-state index is 0.549. The number of benzene rings is 1. The van der Waals surface area contributed by atoms with Crippen LogP contribution in [-0.4, -0.2) is 15.2 Å². The number of aromatic amines is 1. The van der Waals surface area contributed by atoms with E-state index in [2.05, 4.69) is 31.1 Å². The Morgan fingerprint density at radius 2 is 2.06 bits per heavy atom. The second-order valence-electron chi connectivity index (χ2n) is 3.72. The molecule has 84 valence electrons. The molecule has 5 heteroatoms. The molecule has 0 saturated carbocycles. The molecule has 0 aliphatic carbocycles. The summed E-state index contributed by atoms with van der Waals surface area (Å²) in [6.07, 6.45) is 0. The highest BCUT2D eigenvalue weighted by molar-refractivity contribution is 9.10. The van der Waals surface area contributed by atoms with Crippen LogP contribution in [0.5, 0.6) is 0 Å². The van der Waals surface area contributed by atoms with Crippen molar-refractivity contribution in [3.8, 4) is 11.3 Å². The molecule has 0 bridgehead atoms. The first kappa shape index (κ1) is 10.3. The molecule has 1 aromatic carbocycles. The van der Waals surface area contributed by atoms with E-state index in [9.17, 15) is 0 Å². The summed E-state index contributed by atoms with van der Waals surface area (Å²) in [6.45, 7) is 0. The summed E-state index contributed by atoms with van der Waals surface area (Å²) in [7, 11) is 0. The van der Waals surface area contributed by atoms with Crippen LogP contribution in [0.2, 0.25) is 0 Å². The lowest BCUT2D eigenvalue weighted by atomic mass is 10.1. The fourth-order valence-corrected chi connectivity index (χ4v) is 2.13. The molecular weight excluding hydrogens is 280 g/mol. The number of nitrogens with two attached hydrogens (primary N) is 1. The Bertz CT molecular complexity index is 690. The summed E-state index contributed by atoms with van der Waals surface area (Å²) in [5.74, 6) is 0.549. The minimum Gasteiger partial charge on any atom is -0.384 e. The molecule has 3 N–H and O–H groups in total. The summed E-state index contributed by atoms with van der Waals surface area (Å²) in [4.78, 5) is 4.46. The van der Waals surface area contributed by atoms with Crippen LogP contribution in [0.3, 0.4) is 0 Å². The molecule has 0 spiro atoms. The van der Waals surface area contributed by atoms with Gasteiger partial charge in [0.05, 0.1) is 11.1 Å². The highest BCUT2D eigenvalue weighted by atomic mass is 79.9. The second kappa shape index (κ2) is 3.85. The molecule has 4 nitrogen and oxygen atoms in total. The van der Waals surface area contributed by atoms with Gasteiger partial charge in [-0.15, -0.1) is 0 Å². The van der Waals surface area contributed by atoms with Gasteiger partial charge in [0.2, 0.25) is 0 Å². The zero-order valence-electron chi connectivity index (χ0n) is 8.81. The lowest BCUT2D eigenvalue weighted by Gasteiger charge is -2.01. The first-order valence-electron chi connectivity index (χ1n) is 5.10. The van der Waals surface area contributed by atoms with Gasteiger partial charge in [0, 0.05) is 10.0 Å². The predicted molar refractivity (Wildman–Crippen MR) is 71.4 cm³/mol. The average Bonchev–Trinajstić information content (AvgIpc) is 2.71. The van der Waals surface area contributed by atoms with E-state index in [-0.39, 0.29) is 0 Å². The summed E-state index contributed by atoms with van der Waals surface area (Å²) in [5.41, 5.74) is 8.29. The van der Waals surface area contributed by atoms with E-state index in [0.717, 1.165) is 21.1 Å². The van der Waals surface area contributed by atoms with Crippen LogP contribution in [-0.2, 0) is 0 Å². The van der Waals surface area contributed by atoms with Crippen molar-refractivity contribution in [3.63, 3.8) is 0 Å². The van der Waals surface area contributed by atoms with Crippen molar-refractivity contribution in [2.45, 2.75) is 0 Å². The molecule has 0 radical (unpaired) electrons. The smallest absolute Gasteiger partial charge is 0.183 e. The van der Waals surface area contributed by atoms with Gasteiger partial charge >= 0.3 is 0 Å². The molecule has 0 atom stereocenters. The summed E-state index contributed by atoms with van der Waals surface area (Å²) in [6, 6.07) is 11.9. The van der Waals surface area contributed by atoms with Gasteiger partial charge in [-0.3, -0.25) is 5.10 Å². The monoisotopic (exact) mass is 288 g/mol. The number of halogens is 1. The molecule has 0 saturated heterocycles. The highest BCUT2D eigenvalue weighted by Gasteiger charge is 2.06. The maximum Gasteiger partial charge on any atom is 0.183 e. The molecular formula is C12H9BrN4. The number of hydrogen-bond acceptors (Lipinski definition) is 3. The molecule has 0 unspecified atom stereocenters. The maximum absolute atomic E-state index is 5.72. The Balaban J connectivity index is 2.18. The van der Waals surface area contributed by atoms with Gasteiger partial charge in [0.1, 0.15) is 5.82 Å². The van der Waals surface area contributed by atoms with Gasteiger partial charge in [-0.05, 0) is 24.3 Å². The average molecular weight is 289 g/mol. The molecule has 0 fully saturated rings. The second-order valence-corrected chi connectivity index (χ2v) is 4.63. The van der Waals surface area contributed by atoms with Gasteiger partial charge in [-0.2, -0.15) is 5.10 Å². The maximum atomic E-state index is 5.72. The molecule has 2 heterocycles. The molecule has 3 rings (SSSR count). The lowest BCUT2D eigenvalue weighted by molar-refractivity contribution is 1.11. The normalized spacial score (nSPS) is 10.9. The molecule has 3 aromatic rings. The number of hydrogen-bond donors (Lipinski definition) is 2. The predicted octanol–water partition coefficient (Wildman–Crippen LogP) is 2.97. The molecule has 0 aliphatic heterocycles. The van der Waals surface area contributed by atoms with Crippen LogP contribution in [0, 0.1) is 0 Å². The van der Waals surface area contributed by atoms with Crippen LogP contribution >= 0.6 is 15.9 Å². The number of nitrogens with one attached hydrogen (secondary N) is 1. The van der Waals surface area contributed by atoms with Gasteiger partial charge in [0.25, 0.3) is 0 Å². The first-order valence-corrected chi connectivity index (χ1v) is 5.90. The minimum atomic E-state index is 0.549. The fraction of sp³-hybridized carbons (Fsp3) is 0. The van der Waals surface area contributed by atoms with Crippen molar-refractivity contribution in [1.82, 2.24) is 15.2 Å². The molecule has 0 aliphatic rings. The van der Waals surface area contributed by atoms with E-state index >= 15 is 0 Å². The Morgan fingerprint density at radius 3 is 2.88 bits per heavy atom. The topological polar surface area (TPSA) is 67.6 Å². The zero-order valence-corrected chi connectivity index (χ0v) is 10.4. The number of aromatic nitrogens is 3. The van der Waals surface area contributed by atoms with Crippen LogP contribution in [0.4, 0.5) is 5.82 Å². The Kier molecular flexibility index (Phi) is 2.33. The number of fused-ring (bicyclic) bond motifs is 1. The van der Waals surface area contributed by atoms with Gasteiger partial charge in [-0.25, -0.2) is 4.98 Å². The quantitative estimate of drug-likeness (QED) is 0.723. The molecule has 2 aromatic heterocycles. The first-order chi connectivity index (χ1) is 8.24. The number of nitrogens with zero attached hydrogens (tertiary/aromatic N) is 2. The Labute approximate surface area is 106 Å². The molecule has 0 amide bonds. The number of H-pyrrole nitrogens is 1. The van der Waals surface area contributed by atoms with Crippen molar-refractivity contribution in [1.29, 1.82) is 0 Å². The summed E-state index contributed by atoms with van der Waals surface area (Å²) < 4.78 is 1.03. The number of anilines is 1. The third kappa shape index (κ3) is 1.78. The van der Waals surface area contributed by atoms with E-state index < -0.39 is 0 Å². The van der Waals surface area contributed by atoms with Crippen molar-refractivity contribution in [2.75, 3.05) is 5.73 Å². The zero-order chi connectivity index (χ0) is 11.8. The van der Waals surface area contributed by atoms with Gasteiger partial charge in [-0.1, -0.05) is 28.1 Å². The number of rotatable bonds is 1. The fourth-order valence-electron chi connectivity index (χ4n) is 1.73. The van der Waals surface area contributed by atoms with Crippen molar-refractivity contribution in [3.05, 3.63) is 40.9 Å². The van der Waals surface area contributed by atoms with Crippen molar-refractivity contribution < 1.29 is 0 Å². The van der Waals surface area contributed by atoms with Crippen molar-refractivity contribution >= 4 is 32.8 Å². The van der Waals surface area contributed by atoms with Crippen LogP contribution in [0.15, 0.2) is 40.9 Å². The van der Waals surface area contributed by atoms with Gasteiger partial charge < -0.3 is 5.73 Å². The van der Waals surface area contributed by atoms with Crippen LogP contribution in [0.25, 0.3) is 22.3 Å². The van der Waals surface area contributed by atoms with Crippen LogP contribution in [0.1, 0.15) is 0 Å². The molecule has 17 heavy (non-hydrogen) atoms. The summed E-state index contributed by atoms with van der Waals surface area (Å²) in [5, 5.41) is 7.63. The third-order valence-electron chi connectivity index (χ3n) is 2.57. The third-order valence-corrected chi connectivity index (χ3v) is 3.06. The lowest BCUT2D eigenvalue weighted by Crippen LogP contribution is -1.86. The van der Waals surface area contributed by atoms with Gasteiger partial charge in [0.15, 0.2) is 5.65 Å². The highest BCUT2D eigenvalue weighted by Crippen LogP contribution is 2.24. The SMILES string of the molecule is Nc1[nH]nc2nc(-c3cccc(Br)c3)ccc12. The van der Waals surface area contributed by atoms with Crippen LogP contribution < -0.4 is 5.73 Å². The van der Waals surface area contributed by atoms with Crippen molar-refractivity contribution in [2.24, 2.45) is 0 Å². The van der Waals surface area contributed by atoms with E-state index in [1.54, 1.807) is 0 Å². The largest absolute Gasteiger partial charge is 0.384 e. The summed E-state index contributed by atoms with van der Waals surface area (Å²) >= 11 is 3.44. The van der Waals surface area contributed by atoms with E-state index in [1.807, 2.05) is 36.4 Å². The number of nitrogen functional groups attached to an aromatic ring is 1. The van der Waals surface area contributed by atoms with E-state index in [1.165, 1.54) is 0 Å². The van der Waals surface area contributed by atoms with E-state index in [4.69, 9.17) is 5.73 Å². The Hall–Kier alpha value is -1.88. The van der Waals surface area contributed by atoms with E-state index in [0.29, 0.717) is 11.5 Å². The standard InChI is InChI=1S/C12H9BrN4/c13-8-3-1-2-7(6-8)10-5-4-9-11(14)16-17-12(9)15-10/h1-6H,(H3,14,15,16,17).